The molecule has 1 rings (SSSR count). The molecule has 1 aromatic heterocycles. The molecule has 0 amide bonds. The van der Waals surface area contributed by atoms with Gasteiger partial charge < -0.3 is 10.4 Å². The van der Waals surface area contributed by atoms with Gasteiger partial charge in [-0.2, -0.15) is 4.31 Å². The molecule has 120 valence electrons. The van der Waals surface area contributed by atoms with Gasteiger partial charge in [0.05, 0.1) is 17.2 Å². The maximum atomic E-state index is 12.5. The third kappa shape index (κ3) is 4.06. The molecule has 0 unspecified atom stereocenters. The van der Waals surface area contributed by atoms with Crippen LogP contribution in [0.3, 0.4) is 0 Å². The summed E-state index contributed by atoms with van der Waals surface area (Å²) in [5, 5.41) is 12.6. The van der Waals surface area contributed by atoms with Crippen molar-refractivity contribution in [3.8, 4) is 0 Å². The molecule has 0 fully saturated rings. The highest BCUT2D eigenvalue weighted by molar-refractivity contribution is 7.89. The van der Waals surface area contributed by atoms with E-state index in [9.17, 15) is 13.5 Å². The number of pyridine rings is 1. The van der Waals surface area contributed by atoms with Crippen molar-refractivity contribution in [3.05, 3.63) is 17.3 Å². The van der Waals surface area contributed by atoms with Crippen LogP contribution in [0, 0.1) is 0 Å². The average molecular weight is 336 g/mol. The molecule has 2 N–H and O–H groups in total. The Hall–Kier alpha value is -0.890. The van der Waals surface area contributed by atoms with Gasteiger partial charge in [-0.05, 0) is 26.3 Å². The molecule has 8 heteroatoms. The first-order chi connectivity index (χ1) is 9.66. The molecule has 0 aliphatic carbocycles. The topological polar surface area (TPSA) is 82.5 Å². The number of hydrogen-bond donors (Lipinski definition) is 2. The van der Waals surface area contributed by atoms with Gasteiger partial charge in [0.2, 0.25) is 10.0 Å². The molecule has 0 saturated carbocycles. The Labute approximate surface area is 131 Å². The number of aliphatic hydroxyl groups is 1. The van der Waals surface area contributed by atoms with E-state index in [0.29, 0.717) is 12.4 Å². The van der Waals surface area contributed by atoms with Crippen molar-refractivity contribution >= 4 is 27.4 Å². The molecule has 0 bridgehead atoms. The van der Waals surface area contributed by atoms with Crippen molar-refractivity contribution in [2.75, 3.05) is 25.5 Å². The fraction of sp³-hybridized carbons (Fsp3) is 0.615. The van der Waals surface area contributed by atoms with Crippen LogP contribution in [-0.2, 0) is 10.0 Å². The number of rotatable bonds is 7. The lowest BCUT2D eigenvalue weighted by molar-refractivity contribution is 0.138. The van der Waals surface area contributed by atoms with Crippen LogP contribution in [0.4, 0.5) is 5.82 Å². The lowest BCUT2D eigenvalue weighted by Gasteiger charge is -2.32. The van der Waals surface area contributed by atoms with Crippen LogP contribution in [0.25, 0.3) is 0 Å². The Bertz CT molecular complexity index is 590. The molecule has 0 aliphatic rings. The zero-order valence-corrected chi connectivity index (χ0v) is 14.3. The molecular formula is C13H22ClN3O3S. The Morgan fingerprint density at radius 1 is 1.48 bits per heavy atom. The number of anilines is 1. The molecule has 6 nitrogen and oxygen atoms in total. The van der Waals surface area contributed by atoms with Crippen LogP contribution in [0.2, 0.25) is 5.02 Å². The molecule has 0 radical (unpaired) electrons. The van der Waals surface area contributed by atoms with E-state index in [4.69, 9.17) is 11.6 Å². The lowest BCUT2D eigenvalue weighted by Crippen LogP contribution is -2.47. The predicted molar refractivity (Wildman–Crippen MR) is 84.1 cm³/mol. The molecule has 1 aromatic rings. The predicted octanol–water partition coefficient (Wildman–Crippen LogP) is 1.95. The van der Waals surface area contributed by atoms with E-state index in [0.717, 1.165) is 10.7 Å². The molecule has 0 aliphatic heterocycles. The van der Waals surface area contributed by atoms with Crippen LogP contribution in [-0.4, -0.2) is 48.6 Å². The Morgan fingerprint density at radius 2 is 2.10 bits per heavy atom. The van der Waals surface area contributed by atoms with E-state index in [1.165, 1.54) is 19.3 Å². The zero-order valence-electron chi connectivity index (χ0n) is 12.7. The molecular weight excluding hydrogens is 314 g/mol. The minimum Gasteiger partial charge on any atom is -0.394 e. The molecule has 1 heterocycles. The average Bonchev–Trinajstić information content (AvgIpc) is 2.44. The number of halogens is 1. The standard InChI is InChI=1S/C13H22ClN3O3S/c1-5-6-15-12-11(14)7-10(8-16-12)21(19,20)17(4)13(2,3)9-18/h7-8,18H,5-6,9H2,1-4H3,(H,15,16). The third-order valence-corrected chi connectivity index (χ3v) is 5.58. The highest BCUT2D eigenvalue weighted by Crippen LogP contribution is 2.27. The molecule has 0 saturated heterocycles. The van der Waals surface area contributed by atoms with Crippen molar-refractivity contribution in [2.24, 2.45) is 0 Å². The number of likely N-dealkylation sites (N-methyl/N-ethyl adjacent to an activating group) is 1. The second kappa shape index (κ2) is 6.91. The number of nitrogens with one attached hydrogen (secondary N) is 1. The smallest absolute Gasteiger partial charge is 0.244 e. The van der Waals surface area contributed by atoms with Crippen LogP contribution in [0.5, 0.6) is 0 Å². The van der Waals surface area contributed by atoms with Gasteiger partial charge in [-0.3, -0.25) is 0 Å². The summed E-state index contributed by atoms with van der Waals surface area (Å²) in [4.78, 5) is 4.06. The largest absolute Gasteiger partial charge is 0.394 e. The van der Waals surface area contributed by atoms with E-state index in [1.807, 2.05) is 6.92 Å². The molecule has 21 heavy (non-hydrogen) atoms. The van der Waals surface area contributed by atoms with Gasteiger partial charge in [-0.25, -0.2) is 13.4 Å². The minimum absolute atomic E-state index is 0.00132. The van der Waals surface area contributed by atoms with Crippen molar-refractivity contribution in [3.63, 3.8) is 0 Å². The van der Waals surface area contributed by atoms with Crippen LogP contribution >= 0.6 is 11.6 Å². The van der Waals surface area contributed by atoms with Crippen molar-refractivity contribution in [1.82, 2.24) is 9.29 Å². The second-order valence-electron chi connectivity index (χ2n) is 5.37. The summed E-state index contributed by atoms with van der Waals surface area (Å²) in [6.45, 7) is 5.69. The highest BCUT2D eigenvalue weighted by Gasteiger charge is 2.34. The Morgan fingerprint density at radius 3 is 2.57 bits per heavy atom. The third-order valence-electron chi connectivity index (χ3n) is 3.26. The first-order valence-electron chi connectivity index (χ1n) is 6.66. The Balaban J connectivity index is 3.13. The SMILES string of the molecule is CCCNc1ncc(S(=O)(=O)N(C)C(C)(C)CO)cc1Cl. The quantitative estimate of drug-likeness (QED) is 0.795. The van der Waals surface area contributed by atoms with Crippen LogP contribution < -0.4 is 5.32 Å². The summed E-state index contributed by atoms with van der Waals surface area (Å²) in [6.07, 6.45) is 2.18. The number of sulfonamides is 1. The first-order valence-corrected chi connectivity index (χ1v) is 8.48. The normalized spacial score (nSPS) is 12.7. The van der Waals surface area contributed by atoms with Gasteiger partial charge in [0.25, 0.3) is 0 Å². The summed E-state index contributed by atoms with van der Waals surface area (Å²) in [7, 11) is -2.35. The van der Waals surface area contributed by atoms with Crippen molar-refractivity contribution in [2.45, 2.75) is 37.6 Å². The summed E-state index contributed by atoms with van der Waals surface area (Å²) in [5.74, 6) is 0.460. The van der Waals surface area contributed by atoms with Crippen LogP contribution in [0.1, 0.15) is 27.2 Å². The Kier molecular flexibility index (Phi) is 5.98. The summed E-state index contributed by atoms with van der Waals surface area (Å²) >= 11 is 6.07. The summed E-state index contributed by atoms with van der Waals surface area (Å²) in [6, 6.07) is 1.37. The number of aliphatic hydroxyl groups excluding tert-OH is 1. The van der Waals surface area contributed by atoms with Gasteiger partial charge in [-0.15, -0.1) is 0 Å². The minimum atomic E-state index is -3.77. The van der Waals surface area contributed by atoms with Gasteiger partial charge in [-0.1, -0.05) is 18.5 Å². The number of nitrogens with zero attached hydrogens (tertiary/aromatic N) is 2. The number of aromatic nitrogens is 1. The van der Waals surface area contributed by atoms with Crippen LogP contribution in [0.15, 0.2) is 17.2 Å². The zero-order chi connectivity index (χ0) is 16.3. The molecule has 0 spiro atoms. The fourth-order valence-corrected chi connectivity index (χ4v) is 3.29. The fourth-order valence-electron chi connectivity index (χ4n) is 1.52. The van der Waals surface area contributed by atoms with Gasteiger partial charge in [0.1, 0.15) is 10.7 Å². The first kappa shape index (κ1) is 18.2. The van der Waals surface area contributed by atoms with E-state index < -0.39 is 15.6 Å². The maximum absolute atomic E-state index is 12.5. The summed E-state index contributed by atoms with van der Waals surface area (Å²) in [5.41, 5.74) is -0.912. The highest BCUT2D eigenvalue weighted by atomic mass is 35.5. The van der Waals surface area contributed by atoms with Gasteiger partial charge >= 0.3 is 0 Å². The van der Waals surface area contributed by atoms with E-state index >= 15 is 0 Å². The molecule has 0 aromatic carbocycles. The lowest BCUT2D eigenvalue weighted by atomic mass is 10.1. The summed E-state index contributed by atoms with van der Waals surface area (Å²) < 4.78 is 26.1. The molecule has 0 atom stereocenters. The monoisotopic (exact) mass is 335 g/mol. The van der Waals surface area contributed by atoms with Gasteiger partial charge in [0.15, 0.2) is 0 Å². The van der Waals surface area contributed by atoms with E-state index in [2.05, 4.69) is 10.3 Å². The number of hydrogen-bond acceptors (Lipinski definition) is 5. The van der Waals surface area contributed by atoms with E-state index in [-0.39, 0.29) is 16.5 Å². The van der Waals surface area contributed by atoms with Crippen molar-refractivity contribution < 1.29 is 13.5 Å². The van der Waals surface area contributed by atoms with Gasteiger partial charge in [0, 0.05) is 19.8 Å². The second-order valence-corrected chi connectivity index (χ2v) is 7.75. The van der Waals surface area contributed by atoms with E-state index in [1.54, 1.807) is 13.8 Å². The maximum Gasteiger partial charge on any atom is 0.244 e. The van der Waals surface area contributed by atoms with Crippen molar-refractivity contribution in [1.29, 1.82) is 0 Å².